The van der Waals surface area contributed by atoms with E-state index in [9.17, 15) is 0 Å². The second-order valence-corrected chi connectivity index (χ2v) is 10.5. The van der Waals surface area contributed by atoms with Crippen molar-refractivity contribution in [3.8, 4) is 0 Å². The molecular weight excluding hydrogens is 300 g/mol. The third-order valence-electron chi connectivity index (χ3n) is 8.63. The number of hydrogen-bond donors (Lipinski definition) is 1. The van der Waals surface area contributed by atoms with Crippen LogP contribution in [0.3, 0.4) is 0 Å². The van der Waals surface area contributed by atoms with Crippen LogP contribution in [0.15, 0.2) is 0 Å². The van der Waals surface area contributed by atoms with Gasteiger partial charge in [0.2, 0.25) is 0 Å². The quantitative estimate of drug-likeness (QED) is 0.712. The Balaban J connectivity index is 1.51. The van der Waals surface area contributed by atoms with Gasteiger partial charge in [-0.1, -0.05) is 26.7 Å². The molecule has 0 aliphatic heterocycles. The van der Waals surface area contributed by atoms with Crippen molar-refractivity contribution in [1.29, 1.82) is 0 Å². The molecule has 4 aliphatic rings. The summed E-state index contributed by atoms with van der Waals surface area (Å²) in [7, 11) is 0. The topological polar surface area (TPSA) is 38.9 Å². The summed E-state index contributed by atoms with van der Waals surface area (Å²) in [6.45, 7) is 5.17. The molecule has 23 heavy (non-hydrogen) atoms. The van der Waals surface area contributed by atoms with Gasteiger partial charge in [0.25, 0.3) is 0 Å². The van der Waals surface area contributed by atoms with E-state index in [1.807, 2.05) is 0 Å². The number of nitrogens with zero attached hydrogens (tertiary/aromatic N) is 1. The molecular formula is C20H30N2S. The molecule has 1 aromatic heterocycles. The first-order chi connectivity index (χ1) is 11.0. The minimum absolute atomic E-state index is 0.322. The minimum atomic E-state index is 0.322. The standard InChI is InChI=1S/C20H30N2S/c1-19-9-4-3-5-12(19)6-7-13-14(19)8-10-20(2)15(13)11-16-17(20)22-18(21)23-16/h12-15H,3-11H2,1-2H3,(H2,21,22)/t12-,13-,14+,15-,19+,20-/m0/s1. The van der Waals surface area contributed by atoms with Crippen LogP contribution in [0.1, 0.15) is 75.8 Å². The Bertz CT molecular complexity index is 638. The highest BCUT2D eigenvalue weighted by Crippen LogP contribution is 2.65. The molecule has 5 rings (SSSR count). The minimum Gasteiger partial charge on any atom is -0.375 e. The zero-order valence-electron chi connectivity index (χ0n) is 14.6. The van der Waals surface area contributed by atoms with Gasteiger partial charge in [0.15, 0.2) is 5.13 Å². The van der Waals surface area contributed by atoms with E-state index in [1.54, 1.807) is 11.3 Å². The monoisotopic (exact) mass is 330 g/mol. The molecule has 6 atom stereocenters. The number of nitrogens with two attached hydrogens (primary N) is 1. The Morgan fingerprint density at radius 3 is 2.78 bits per heavy atom. The van der Waals surface area contributed by atoms with E-state index in [2.05, 4.69) is 13.8 Å². The lowest BCUT2D eigenvalue weighted by Gasteiger charge is -2.59. The lowest BCUT2D eigenvalue weighted by Crippen LogP contribution is -2.53. The maximum absolute atomic E-state index is 6.02. The molecule has 2 N–H and O–H groups in total. The summed E-state index contributed by atoms with van der Waals surface area (Å²) in [5.74, 6) is 3.78. The first kappa shape index (κ1) is 14.7. The molecule has 0 bridgehead atoms. The van der Waals surface area contributed by atoms with E-state index in [0.717, 1.165) is 28.8 Å². The highest BCUT2D eigenvalue weighted by Gasteiger charge is 2.59. The van der Waals surface area contributed by atoms with Crippen LogP contribution in [0.5, 0.6) is 0 Å². The average Bonchev–Trinajstić information content (AvgIpc) is 3.02. The lowest BCUT2D eigenvalue weighted by atomic mass is 9.45. The summed E-state index contributed by atoms with van der Waals surface area (Å²) in [5.41, 5.74) is 8.37. The molecule has 1 aromatic rings. The Morgan fingerprint density at radius 1 is 1.04 bits per heavy atom. The molecule has 0 aromatic carbocycles. The van der Waals surface area contributed by atoms with Gasteiger partial charge in [0.1, 0.15) is 0 Å². The Hall–Kier alpha value is -0.570. The maximum Gasteiger partial charge on any atom is 0.180 e. The largest absolute Gasteiger partial charge is 0.375 e. The van der Waals surface area contributed by atoms with Crippen LogP contribution in [0.2, 0.25) is 0 Å². The number of anilines is 1. The molecule has 3 heteroatoms. The second kappa shape index (κ2) is 4.74. The summed E-state index contributed by atoms with van der Waals surface area (Å²) in [6.07, 6.45) is 13.0. The van der Waals surface area contributed by atoms with Crippen LogP contribution in [-0.2, 0) is 11.8 Å². The molecule has 0 amide bonds. The molecule has 0 saturated heterocycles. The van der Waals surface area contributed by atoms with E-state index in [1.165, 1.54) is 68.4 Å². The summed E-state index contributed by atoms with van der Waals surface area (Å²) in [4.78, 5) is 6.30. The van der Waals surface area contributed by atoms with Crippen molar-refractivity contribution < 1.29 is 0 Å². The molecule has 4 aliphatic carbocycles. The van der Waals surface area contributed by atoms with Crippen molar-refractivity contribution >= 4 is 16.5 Å². The van der Waals surface area contributed by atoms with E-state index in [0.29, 0.717) is 10.8 Å². The molecule has 126 valence electrons. The first-order valence-electron chi connectivity index (χ1n) is 9.78. The highest BCUT2D eigenvalue weighted by molar-refractivity contribution is 7.15. The summed E-state index contributed by atoms with van der Waals surface area (Å²) in [5, 5.41) is 0.791. The van der Waals surface area contributed by atoms with E-state index < -0.39 is 0 Å². The summed E-state index contributed by atoms with van der Waals surface area (Å²) >= 11 is 1.77. The third kappa shape index (κ3) is 1.83. The van der Waals surface area contributed by atoms with Crippen LogP contribution < -0.4 is 5.73 Å². The van der Waals surface area contributed by atoms with Crippen LogP contribution >= 0.6 is 11.3 Å². The van der Waals surface area contributed by atoms with Gasteiger partial charge in [0, 0.05) is 10.3 Å². The number of fused-ring (bicyclic) bond motifs is 7. The van der Waals surface area contributed by atoms with Crippen molar-refractivity contribution in [2.45, 2.75) is 77.0 Å². The number of aromatic nitrogens is 1. The van der Waals surface area contributed by atoms with Crippen LogP contribution in [0.25, 0.3) is 0 Å². The molecule has 3 fully saturated rings. The third-order valence-corrected chi connectivity index (χ3v) is 9.54. The highest BCUT2D eigenvalue weighted by atomic mass is 32.1. The molecule has 3 saturated carbocycles. The van der Waals surface area contributed by atoms with Crippen LogP contribution in [-0.4, -0.2) is 4.98 Å². The van der Waals surface area contributed by atoms with Gasteiger partial charge in [-0.25, -0.2) is 4.98 Å². The Labute approximate surface area is 144 Å². The fraction of sp³-hybridized carbons (Fsp3) is 0.850. The molecule has 1 heterocycles. The number of rotatable bonds is 0. The number of hydrogen-bond acceptors (Lipinski definition) is 3. The van der Waals surface area contributed by atoms with Gasteiger partial charge in [-0.15, -0.1) is 11.3 Å². The fourth-order valence-electron chi connectivity index (χ4n) is 7.44. The smallest absolute Gasteiger partial charge is 0.180 e. The van der Waals surface area contributed by atoms with Crippen molar-refractivity contribution in [2.75, 3.05) is 5.73 Å². The number of nitrogen functional groups attached to an aromatic ring is 1. The van der Waals surface area contributed by atoms with Crippen molar-refractivity contribution in [3.05, 3.63) is 10.6 Å². The average molecular weight is 331 g/mol. The SMILES string of the molecule is C[C@@]12CCCC[C@H]1CC[C@H]1[C@H]2CC[C@]2(C)c3nc(N)sc3C[C@@H]12. The van der Waals surface area contributed by atoms with Crippen LogP contribution in [0.4, 0.5) is 5.13 Å². The van der Waals surface area contributed by atoms with Gasteiger partial charge in [0.05, 0.1) is 5.69 Å². The summed E-state index contributed by atoms with van der Waals surface area (Å²) < 4.78 is 0. The normalized spacial score (nSPS) is 48.3. The molecule has 0 unspecified atom stereocenters. The Morgan fingerprint density at radius 2 is 1.91 bits per heavy atom. The van der Waals surface area contributed by atoms with E-state index in [-0.39, 0.29) is 0 Å². The molecule has 0 spiro atoms. The fourth-order valence-corrected chi connectivity index (χ4v) is 8.47. The van der Waals surface area contributed by atoms with E-state index in [4.69, 9.17) is 10.7 Å². The number of thiazole rings is 1. The second-order valence-electron chi connectivity index (χ2n) is 9.39. The first-order valence-corrected chi connectivity index (χ1v) is 10.6. The van der Waals surface area contributed by atoms with Crippen molar-refractivity contribution in [2.24, 2.45) is 29.1 Å². The van der Waals surface area contributed by atoms with Crippen molar-refractivity contribution in [3.63, 3.8) is 0 Å². The zero-order chi connectivity index (χ0) is 15.8. The van der Waals surface area contributed by atoms with Gasteiger partial charge < -0.3 is 5.73 Å². The molecule has 0 radical (unpaired) electrons. The Kier molecular flexibility index (Phi) is 3.04. The van der Waals surface area contributed by atoms with Gasteiger partial charge in [-0.2, -0.15) is 0 Å². The lowest BCUT2D eigenvalue weighted by molar-refractivity contribution is -0.0907. The van der Waals surface area contributed by atoms with Crippen LogP contribution in [0, 0.1) is 29.1 Å². The van der Waals surface area contributed by atoms with E-state index >= 15 is 0 Å². The molecule has 2 nitrogen and oxygen atoms in total. The van der Waals surface area contributed by atoms with Gasteiger partial charge in [-0.3, -0.25) is 0 Å². The summed E-state index contributed by atoms with van der Waals surface area (Å²) in [6, 6.07) is 0. The van der Waals surface area contributed by atoms with Crippen molar-refractivity contribution in [1.82, 2.24) is 4.98 Å². The van der Waals surface area contributed by atoms with Gasteiger partial charge in [-0.05, 0) is 74.0 Å². The predicted molar refractivity (Wildman–Crippen MR) is 96.6 cm³/mol. The van der Waals surface area contributed by atoms with Gasteiger partial charge >= 0.3 is 0 Å². The maximum atomic E-state index is 6.02. The predicted octanol–water partition coefficient (Wildman–Crippen LogP) is 5.17. The zero-order valence-corrected chi connectivity index (χ0v) is 15.4.